The first kappa shape index (κ1) is 19.4. The summed E-state index contributed by atoms with van der Waals surface area (Å²) in [5.41, 5.74) is 1.60. The molecule has 1 aliphatic heterocycles. The van der Waals surface area contributed by atoms with Gasteiger partial charge in [-0.15, -0.1) is 0 Å². The molecule has 8 atom stereocenters. The van der Waals surface area contributed by atoms with E-state index >= 15 is 0 Å². The van der Waals surface area contributed by atoms with E-state index in [-0.39, 0.29) is 17.2 Å². The summed E-state index contributed by atoms with van der Waals surface area (Å²) in [5, 5.41) is 3.88. The van der Waals surface area contributed by atoms with Gasteiger partial charge in [0.25, 0.3) is 0 Å². The summed E-state index contributed by atoms with van der Waals surface area (Å²) in [5.74, 6) is 4.50. The van der Waals surface area contributed by atoms with Gasteiger partial charge in [-0.1, -0.05) is 37.6 Å². The number of aryl methyl sites for hydroxylation is 1. The maximum Gasteiger partial charge on any atom is 0.155 e. The maximum atomic E-state index is 12.1. The Morgan fingerprint density at radius 2 is 1.86 bits per heavy atom. The minimum atomic E-state index is 0.0904. The Morgan fingerprint density at radius 3 is 2.62 bits per heavy atom. The average molecular weight is 394 g/mol. The van der Waals surface area contributed by atoms with Crippen LogP contribution < -0.4 is 10.1 Å². The van der Waals surface area contributed by atoms with E-state index in [1.165, 1.54) is 24.8 Å². The van der Waals surface area contributed by atoms with Gasteiger partial charge in [-0.05, 0) is 86.3 Å². The lowest BCUT2D eigenvalue weighted by Crippen LogP contribution is -2.58. The third-order valence-electron chi connectivity index (χ3n) is 9.05. The number of ether oxygens (including phenoxy) is 1. The van der Waals surface area contributed by atoms with Crippen molar-refractivity contribution in [3.63, 3.8) is 0 Å². The number of rotatable bonds is 2. The third-order valence-corrected chi connectivity index (χ3v) is 9.05. The van der Waals surface area contributed by atoms with E-state index in [2.05, 4.69) is 63.4 Å². The summed E-state index contributed by atoms with van der Waals surface area (Å²) in [6, 6.07) is 8.41. The summed E-state index contributed by atoms with van der Waals surface area (Å²) in [6.07, 6.45) is 9.73. The molecule has 0 radical (unpaired) electrons. The lowest BCUT2D eigenvalue weighted by atomic mass is 9.45. The van der Waals surface area contributed by atoms with E-state index in [0.717, 1.165) is 18.6 Å². The molecule has 0 bridgehead atoms. The number of benzene rings is 1. The number of allylic oxidation sites excluding steroid dienone is 2. The van der Waals surface area contributed by atoms with Gasteiger partial charge in [0, 0.05) is 18.4 Å². The van der Waals surface area contributed by atoms with Crippen molar-refractivity contribution < 1.29 is 9.53 Å². The third kappa shape index (κ3) is 3.08. The summed E-state index contributed by atoms with van der Waals surface area (Å²) < 4.78 is 6.38. The van der Waals surface area contributed by atoms with Crippen LogP contribution in [0.25, 0.3) is 0 Å². The van der Waals surface area contributed by atoms with Crippen LogP contribution in [0.3, 0.4) is 0 Å². The van der Waals surface area contributed by atoms with Gasteiger partial charge in [0.2, 0.25) is 0 Å². The second kappa shape index (κ2) is 6.70. The number of hydrogen-bond donors (Lipinski definition) is 1. The Bertz CT molecular complexity index is 830. The van der Waals surface area contributed by atoms with Gasteiger partial charge in [0.05, 0.1) is 0 Å². The monoisotopic (exact) mass is 393 g/mol. The molecule has 1 aromatic rings. The zero-order chi connectivity index (χ0) is 20.4. The van der Waals surface area contributed by atoms with Crippen molar-refractivity contribution in [3.8, 4) is 5.75 Å². The van der Waals surface area contributed by atoms with E-state index in [0.29, 0.717) is 35.4 Å². The van der Waals surface area contributed by atoms with Crippen molar-refractivity contribution in [2.45, 2.75) is 71.6 Å². The van der Waals surface area contributed by atoms with E-state index in [1.54, 1.807) is 0 Å². The van der Waals surface area contributed by atoms with Gasteiger partial charge in [-0.2, -0.15) is 0 Å². The molecular weight excluding hydrogens is 358 g/mol. The number of carbonyl (C=O) groups is 1. The minimum Gasteiger partial charge on any atom is -0.475 e. The van der Waals surface area contributed by atoms with Crippen LogP contribution in [0.15, 0.2) is 36.4 Å². The number of hydrogen-bond acceptors (Lipinski definition) is 3. The lowest BCUT2D eigenvalue weighted by Gasteiger charge is -2.60. The highest BCUT2D eigenvalue weighted by molar-refractivity contribution is 5.91. The first-order chi connectivity index (χ1) is 13.8. The van der Waals surface area contributed by atoms with Crippen LogP contribution >= 0.6 is 0 Å². The molecule has 1 saturated heterocycles. The van der Waals surface area contributed by atoms with Gasteiger partial charge in [0.15, 0.2) is 12.0 Å². The van der Waals surface area contributed by atoms with Crippen molar-refractivity contribution in [2.24, 2.45) is 35.0 Å². The first-order valence-electron chi connectivity index (χ1n) is 11.5. The maximum absolute atomic E-state index is 12.1. The standard InChI is InChI=1S/C26H35NO2/c1-16-5-7-20(8-6-16)29-23-15-22-24-17(2)13-18-14-19(28)9-11-25(18,3)21(24)10-12-26(22,4)27-23/h5-9,11,17-18,21-24,27H,10,12-15H2,1-4H3/t17?,18?,21-,22+,23?,24-,25+,26+/m1/s1. The predicted octanol–water partition coefficient (Wildman–Crippen LogP) is 5.29. The average Bonchev–Trinajstić information content (AvgIpc) is 3.01. The van der Waals surface area contributed by atoms with Crippen molar-refractivity contribution in [1.29, 1.82) is 0 Å². The largest absolute Gasteiger partial charge is 0.475 e. The van der Waals surface area contributed by atoms with Crippen LogP contribution in [0.4, 0.5) is 0 Å². The van der Waals surface area contributed by atoms with E-state index in [1.807, 2.05) is 6.08 Å². The van der Waals surface area contributed by atoms with Crippen LogP contribution in [0, 0.1) is 41.9 Å². The van der Waals surface area contributed by atoms with Gasteiger partial charge in [0.1, 0.15) is 5.75 Å². The van der Waals surface area contributed by atoms with E-state index < -0.39 is 0 Å². The van der Waals surface area contributed by atoms with Gasteiger partial charge in [-0.3, -0.25) is 10.1 Å². The molecule has 1 N–H and O–H groups in total. The molecular formula is C26H35NO2. The summed E-state index contributed by atoms with van der Waals surface area (Å²) in [6.45, 7) is 9.42. The van der Waals surface area contributed by atoms with Gasteiger partial charge < -0.3 is 4.74 Å². The molecule has 2 saturated carbocycles. The molecule has 3 aliphatic carbocycles. The number of fused-ring (bicyclic) bond motifs is 5. The van der Waals surface area contributed by atoms with Crippen molar-refractivity contribution >= 4 is 5.78 Å². The zero-order valence-corrected chi connectivity index (χ0v) is 18.3. The molecule has 29 heavy (non-hydrogen) atoms. The van der Waals surface area contributed by atoms with Gasteiger partial charge >= 0.3 is 0 Å². The quantitative estimate of drug-likeness (QED) is 0.742. The van der Waals surface area contributed by atoms with Crippen LogP contribution in [0.5, 0.6) is 5.75 Å². The lowest BCUT2D eigenvalue weighted by molar-refractivity contribution is -0.123. The van der Waals surface area contributed by atoms with Crippen LogP contribution in [-0.2, 0) is 4.79 Å². The molecule has 3 nitrogen and oxygen atoms in total. The smallest absolute Gasteiger partial charge is 0.155 e. The topological polar surface area (TPSA) is 38.3 Å². The Morgan fingerprint density at radius 1 is 1.10 bits per heavy atom. The van der Waals surface area contributed by atoms with Crippen molar-refractivity contribution in [1.82, 2.24) is 5.32 Å². The Kier molecular flexibility index (Phi) is 4.47. The SMILES string of the molecule is Cc1ccc(OC2C[C@H]3[C@@H]4C(C)CC5CC(=O)C=C[C@]5(C)[C@@H]4CC[C@]3(C)N2)cc1. The molecule has 156 valence electrons. The Balaban J connectivity index is 1.40. The molecule has 5 rings (SSSR count). The summed E-state index contributed by atoms with van der Waals surface area (Å²) in [4.78, 5) is 12.1. The fourth-order valence-corrected chi connectivity index (χ4v) is 7.48. The van der Waals surface area contributed by atoms with Crippen molar-refractivity contribution in [3.05, 3.63) is 42.0 Å². The van der Waals surface area contributed by atoms with Crippen LogP contribution in [0.1, 0.15) is 58.4 Å². The highest BCUT2D eigenvalue weighted by Crippen LogP contribution is 2.63. The molecule has 3 heteroatoms. The number of ketones is 1. The Hall–Kier alpha value is -1.61. The first-order valence-corrected chi connectivity index (χ1v) is 11.5. The molecule has 1 heterocycles. The second-order valence-corrected chi connectivity index (χ2v) is 10.8. The molecule has 0 aromatic heterocycles. The number of nitrogens with one attached hydrogen (secondary N) is 1. The highest BCUT2D eigenvalue weighted by Gasteiger charge is 2.60. The highest BCUT2D eigenvalue weighted by atomic mass is 16.5. The molecule has 0 spiro atoms. The van der Waals surface area contributed by atoms with Gasteiger partial charge in [-0.25, -0.2) is 0 Å². The molecule has 0 amide bonds. The second-order valence-electron chi connectivity index (χ2n) is 10.8. The molecule has 1 aromatic carbocycles. The van der Waals surface area contributed by atoms with Crippen LogP contribution in [-0.4, -0.2) is 17.6 Å². The number of carbonyl (C=O) groups excluding carboxylic acids is 1. The fraction of sp³-hybridized carbons (Fsp3) is 0.654. The predicted molar refractivity (Wildman–Crippen MR) is 116 cm³/mol. The fourth-order valence-electron chi connectivity index (χ4n) is 7.48. The van der Waals surface area contributed by atoms with Crippen LogP contribution in [0.2, 0.25) is 0 Å². The molecule has 3 fully saturated rings. The summed E-state index contributed by atoms with van der Waals surface area (Å²) in [7, 11) is 0. The normalized spacial score (nSPS) is 46.0. The summed E-state index contributed by atoms with van der Waals surface area (Å²) >= 11 is 0. The molecule has 3 unspecified atom stereocenters. The van der Waals surface area contributed by atoms with E-state index in [9.17, 15) is 4.79 Å². The molecule has 4 aliphatic rings. The Labute approximate surface area is 175 Å². The van der Waals surface area contributed by atoms with E-state index in [4.69, 9.17) is 4.74 Å². The zero-order valence-electron chi connectivity index (χ0n) is 18.3. The minimum absolute atomic E-state index is 0.0904. The van der Waals surface area contributed by atoms with Crippen molar-refractivity contribution in [2.75, 3.05) is 0 Å².